The molecule has 5 heteroatoms. The van der Waals surface area contributed by atoms with Crippen LogP contribution >= 0.6 is 0 Å². The predicted molar refractivity (Wildman–Crippen MR) is 74.4 cm³/mol. The van der Waals surface area contributed by atoms with Crippen molar-refractivity contribution in [3.8, 4) is 5.75 Å². The minimum Gasteiger partial charge on any atom is -0.508 e. The fourth-order valence-electron chi connectivity index (χ4n) is 2.13. The first-order valence-corrected chi connectivity index (χ1v) is 6.71. The average molecular weight is 279 g/mol. The molecule has 1 saturated heterocycles. The maximum Gasteiger partial charge on any atom is 0.410 e. The molecular weight excluding hydrogens is 258 g/mol. The second kappa shape index (κ2) is 5.32. The van der Waals surface area contributed by atoms with Crippen LogP contribution in [-0.2, 0) is 4.74 Å². The number of likely N-dealkylation sites (tertiary alicyclic amines) is 1. The number of amides is 1. The molecule has 1 unspecified atom stereocenters. The molecule has 1 aliphatic heterocycles. The summed E-state index contributed by atoms with van der Waals surface area (Å²) < 4.78 is 5.26. The van der Waals surface area contributed by atoms with Crippen LogP contribution in [0.5, 0.6) is 5.75 Å². The molecule has 110 valence electrons. The Labute approximate surface area is 118 Å². The van der Waals surface area contributed by atoms with E-state index in [1.807, 2.05) is 20.8 Å². The molecule has 1 heterocycles. The highest BCUT2D eigenvalue weighted by atomic mass is 16.6. The van der Waals surface area contributed by atoms with E-state index in [2.05, 4.69) is 0 Å². The zero-order valence-electron chi connectivity index (χ0n) is 12.0. The highest BCUT2D eigenvalue weighted by Crippen LogP contribution is 2.31. The average Bonchev–Trinajstić information content (AvgIpc) is 2.25. The minimum absolute atomic E-state index is 0.00654. The molecule has 1 atom stereocenters. The third kappa shape index (κ3) is 3.42. The highest BCUT2D eigenvalue weighted by molar-refractivity contribution is 5.69. The number of hydrogen-bond acceptors (Lipinski definition) is 4. The van der Waals surface area contributed by atoms with E-state index < -0.39 is 11.7 Å². The molecule has 1 amide bonds. The van der Waals surface area contributed by atoms with Crippen LogP contribution in [0.2, 0.25) is 0 Å². The van der Waals surface area contributed by atoms with Gasteiger partial charge in [0.05, 0.1) is 6.10 Å². The van der Waals surface area contributed by atoms with Gasteiger partial charge in [-0.05, 0) is 38.5 Å². The standard InChI is InChI=1S/C15H21NO4/c1-15(2,3)20-14(19)16-8-11(9-16)13(18)10-4-6-12(17)7-5-10/h4-7,11,13,17-18H,8-9H2,1-3H3. The normalized spacial score (nSPS) is 17.5. The summed E-state index contributed by atoms with van der Waals surface area (Å²) in [5.41, 5.74) is 0.245. The van der Waals surface area contributed by atoms with Gasteiger partial charge in [0.2, 0.25) is 0 Å². The van der Waals surface area contributed by atoms with Gasteiger partial charge in [-0.3, -0.25) is 0 Å². The lowest BCUT2D eigenvalue weighted by Crippen LogP contribution is -2.53. The van der Waals surface area contributed by atoms with Crippen molar-refractivity contribution in [2.75, 3.05) is 13.1 Å². The van der Waals surface area contributed by atoms with Gasteiger partial charge in [0.15, 0.2) is 0 Å². The predicted octanol–water partition coefficient (Wildman–Crippen LogP) is 2.29. The van der Waals surface area contributed by atoms with E-state index in [0.29, 0.717) is 13.1 Å². The van der Waals surface area contributed by atoms with E-state index in [0.717, 1.165) is 5.56 Å². The molecule has 1 fully saturated rings. The Morgan fingerprint density at radius 1 is 1.30 bits per heavy atom. The van der Waals surface area contributed by atoms with Gasteiger partial charge in [0.1, 0.15) is 11.4 Å². The summed E-state index contributed by atoms with van der Waals surface area (Å²) in [6.45, 7) is 6.45. The van der Waals surface area contributed by atoms with Crippen molar-refractivity contribution >= 4 is 6.09 Å². The number of nitrogens with zero attached hydrogens (tertiary/aromatic N) is 1. The third-order valence-corrected chi connectivity index (χ3v) is 3.24. The second-order valence-corrected chi connectivity index (χ2v) is 6.18. The number of aliphatic hydroxyl groups is 1. The van der Waals surface area contributed by atoms with Crippen molar-refractivity contribution in [3.05, 3.63) is 29.8 Å². The number of phenolic OH excluding ortho intramolecular Hbond substituents is 1. The Kier molecular flexibility index (Phi) is 3.90. The summed E-state index contributed by atoms with van der Waals surface area (Å²) in [4.78, 5) is 13.4. The molecule has 2 rings (SSSR count). The van der Waals surface area contributed by atoms with Crippen LogP contribution < -0.4 is 0 Å². The monoisotopic (exact) mass is 279 g/mol. The zero-order chi connectivity index (χ0) is 14.9. The van der Waals surface area contributed by atoms with Crippen LogP contribution in [0.15, 0.2) is 24.3 Å². The molecule has 5 nitrogen and oxygen atoms in total. The first-order valence-electron chi connectivity index (χ1n) is 6.71. The highest BCUT2D eigenvalue weighted by Gasteiger charge is 2.38. The summed E-state index contributed by atoms with van der Waals surface area (Å²) in [5, 5.41) is 19.4. The molecule has 0 aliphatic carbocycles. The van der Waals surface area contributed by atoms with Crippen molar-refractivity contribution in [2.24, 2.45) is 5.92 Å². The maximum absolute atomic E-state index is 11.8. The topological polar surface area (TPSA) is 70.0 Å². The van der Waals surface area contributed by atoms with Crippen LogP contribution in [0.1, 0.15) is 32.4 Å². The van der Waals surface area contributed by atoms with Crippen molar-refractivity contribution in [1.29, 1.82) is 0 Å². The van der Waals surface area contributed by atoms with Gasteiger partial charge in [-0.1, -0.05) is 12.1 Å². The van der Waals surface area contributed by atoms with Gasteiger partial charge < -0.3 is 19.8 Å². The van der Waals surface area contributed by atoms with Crippen LogP contribution in [0.25, 0.3) is 0 Å². The number of carbonyl (C=O) groups is 1. The van der Waals surface area contributed by atoms with E-state index in [4.69, 9.17) is 4.74 Å². The lowest BCUT2D eigenvalue weighted by molar-refractivity contribution is -0.0314. The number of carbonyl (C=O) groups excluding carboxylic acids is 1. The number of benzene rings is 1. The SMILES string of the molecule is CC(C)(C)OC(=O)N1CC(C(O)c2ccc(O)cc2)C1. The number of hydrogen-bond donors (Lipinski definition) is 2. The fourth-order valence-corrected chi connectivity index (χ4v) is 2.13. The Hall–Kier alpha value is -1.75. The van der Waals surface area contributed by atoms with Gasteiger partial charge >= 0.3 is 6.09 Å². The van der Waals surface area contributed by atoms with Gasteiger partial charge in [0, 0.05) is 19.0 Å². The molecule has 0 bridgehead atoms. The molecule has 1 aromatic rings. The van der Waals surface area contributed by atoms with Crippen LogP contribution in [-0.4, -0.2) is 39.9 Å². The first-order chi connectivity index (χ1) is 9.26. The van der Waals surface area contributed by atoms with E-state index >= 15 is 0 Å². The van der Waals surface area contributed by atoms with E-state index in [1.165, 1.54) is 0 Å². The number of aliphatic hydroxyl groups excluding tert-OH is 1. The van der Waals surface area contributed by atoms with Gasteiger partial charge in [0.25, 0.3) is 0 Å². The van der Waals surface area contributed by atoms with Gasteiger partial charge in [-0.15, -0.1) is 0 Å². The first kappa shape index (κ1) is 14.7. The third-order valence-electron chi connectivity index (χ3n) is 3.24. The Balaban J connectivity index is 1.87. The van der Waals surface area contributed by atoms with Crippen molar-refractivity contribution in [3.63, 3.8) is 0 Å². The Morgan fingerprint density at radius 2 is 1.85 bits per heavy atom. The molecular formula is C15H21NO4. The van der Waals surface area contributed by atoms with E-state index in [-0.39, 0.29) is 17.8 Å². The fraction of sp³-hybridized carbons (Fsp3) is 0.533. The van der Waals surface area contributed by atoms with Gasteiger partial charge in [-0.2, -0.15) is 0 Å². The summed E-state index contributed by atoms with van der Waals surface area (Å²) in [5.74, 6) is 0.178. The van der Waals surface area contributed by atoms with E-state index in [1.54, 1.807) is 29.2 Å². The molecule has 20 heavy (non-hydrogen) atoms. The summed E-state index contributed by atoms with van der Waals surface area (Å²) >= 11 is 0. The van der Waals surface area contributed by atoms with E-state index in [9.17, 15) is 15.0 Å². The maximum atomic E-state index is 11.8. The largest absolute Gasteiger partial charge is 0.508 e. The van der Waals surface area contributed by atoms with Crippen molar-refractivity contribution in [1.82, 2.24) is 4.90 Å². The van der Waals surface area contributed by atoms with Crippen LogP contribution in [0.4, 0.5) is 4.79 Å². The summed E-state index contributed by atoms with van der Waals surface area (Å²) in [6.07, 6.45) is -0.971. The molecule has 0 spiro atoms. The number of ether oxygens (including phenoxy) is 1. The van der Waals surface area contributed by atoms with Gasteiger partial charge in [-0.25, -0.2) is 4.79 Å². The molecule has 0 radical (unpaired) electrons. The number of rotatable bonds is 2. The molecule has 0 aromatic heterocycles. The van der Waals surface area contributed by atoms with Crippen LogP contribution in [0.3, 0.4) is 0 Å². The minimum atomic E-state index is -0.630. The van der Waals surface area contributed by atoms with Crippen LogP contribution in [0, 0.1) is 5.92 Å². The molecule has 1 aliphatic rings. The molecule has 0 saturated carbocycles. The smallest absolute Gasteiger partial charge is 0.410 e. The quantitative estimate of drug-likeness (QED) is 0.871. The lowest BCUT2D eigenvalue weighted by atomic mass is 9.89. The lowest BCUT2D eigenvalue weighted by Gasteiger charge is -2.42. The zero-order valence-corrected chi connectivity index (χ0v) is 12.0. The Bertz CT molecular complexity index is 472. The Morgan fingerprint density at radius 3 is 2.35 bits per heavy atom. The van der Waals surface area contributed by atoms with Crippen molar-refractivity contribution < 1.29 is 19.7 Å². The second-order valence-electron chi connectivity index (χ2n) is 6.18. The molecule has 2 N–H and O–H groups in total. The number of phenols is 1. The summed E-state index contributed by atoms with van der Waals surface area (Å²) in [7, 11) is 0. The molecule has 1 aromatic carbocycles. The number of aromatic hydroxyl groups is 1. The van der Waals surface area contributed by atoms with Crippen molar-refractivity contribution in [2.45, 2.75) is 32.5 Å². The summed E-state index contributed by atoms with van der Waals surface area (Å²) in [6, 6.07) is 6.47.